The minimum Gasteiger partial charge on any atom is -0.296 e. The summed E-state index contributed by atoms with van der Waals surface area (Å²) in [7, 11) is 0. The van der Waals surface area contributed by atoms with E-state index < -0.39 is 0 Å². The predicted molar refractivity (Wildman–Crippen MR) is 57.6 cm³/mol. The number of aromatic nitrogens is 2. The van der Waals surface area contributed by atoms with E-state index in [4.69, 9.17) is 0 Å². The van der Waals surface area contributed by atoms with Gasteiger partial charge < -0.3 is 0 Å². The highest BCUT2D eigenvalue weighted by Gasteiger charge is 2.06. The lowest BCUT2D eigenvalue weighted by atomic mass is 10.1. The Kier molecular flexibility index (Phi) is 2.54. The van der Waals surface area contributed by atoms with Gasteiger partial charge in [0.05, 0.1) is 5.69 Å². The van der Waals surface area contributed by atoms with Crippen molar-refractivity contribution in [1.82, 2.24) is 9.97 Å². The SMILES string of the molecule is Cc1cccc(-c2nccnc2C=O)c1. The van der Waals surface area contributed by atoms with Gasteiger partial charge in [0.1, 0.15) is 5.69 Å². The summed E-state index contributed by atoms with van der Waals surface area (Å²) < 4.78 is 0. The molecule has 0 N–H and O–H groups in total. The van der Waals surface area contributed by atoms with Gasteiger partial charge in [0.2, 0.25) is 0 Å². The molecule has 1 aromatic heterocycles. The summed E-state index contributed by atoms with van der Waals surface area (Å²) in [5, 5.41) is 0. The maximum absolute atomic E-state index is 10.8. The van der Waals surface area contributed by atoms with E-state index in [0.29, 0.717) is 11.4 Å². The lowest BCUT2D eigenvalue weighted by Gasteiger charge is -2.03. The zero-order valence-corrected chi connectivity index (χ0v) is 8.34. The van der Waals surface area contributed by atoms with Gasteiger partial charge in [0, 0.05) is 18.0 Å². The second-order valence-electron chi connectivity index (χ2n) is 3.28. The Morgan fingerprint density at radius 2 is 2.00 bits per heavy atom. The summed E-state index contributed by atoms with van der Waals surface area (Å²) in [5.74, 6) is 0. The maximum atomic E-state index is 10.8. The molecule has 0 amide bonds. The van der Waals surface area contributed by atoms with Gasteiger partial charge >= 0.3 is 0 Å². The second-order valence-corrected chi connectivity index (χ2v) is 3.28. The monoisotopic (exact) mass is 198 g/mol. The van der Waals surface area contributed by atoms with E-state index >= 15 is 0 Å². The molecular formula is C12H10N2O. The first-order valence-corrected chi connectivity index (χ1v) is 4.64. The van der Waals surface area contributed by atoms with Gasteiger partial charge in [-0.2, -0.15) is 0 Å². The second kappa shape index (κ2) is 4.00. The number of rotatable bonds is 2. The number of hydrogen-bond donors (Lipinski definition) is 0. The van der Waals surface area contributed by atoms with Gasteiger partial charge in [-0.25, -0.2) is 4.98 Å². The van der Waals surface area contributed by atoms with Crippen molar-refractivity contribution in [1.29, 1.82) is 0 Å². The number of benzene rings is 1. The average molecular weight is 198 g/mol. The van der Waals surface area contributed by atoms with Crippen molar-refractivity contribution >= 4 is 6.29 Å². The minimum atomic E-state index is 0.378. The Hall–Kier alpha value is -2.03. The summed E-state index contributed by atoms with van der Waals surface area (Å²) in [4.78, 5) is 18.9. The molecule has 0 unspecified atom stereocenters. The molecule has 0 radical (unpaired) electrons. The van der Waals surface area contributed by atoms with Crippen LogP contribution in [-0.2, 0) is 0 Å². The van der Waals surface area contributed by atoms with Crippen molar-refractivity contribution in [3.05, 3.63) is 47.9 Å². The molecule has 3 nitrogen and oxygen atoms in total. The fourth-order valence-corrected chi connectivity index (χ4v) is 1.45. The van der Waals surface area contributed by atoms with Crippen LogP contribution in [0.4, 0.5) is 0 Å². The van der Waals surface area contributed by atoms with E-state index in [-0.39, 0.29) is 0 Å². The fraction of sp³-hybridized carbons (Fsp3) is 0.0833. The van der Waals surface area contributed by atoms with E-state index in [0.717, 1.165) is 17.4 Å². The van der Waals surface area contributed by atoms with Crippen molar-refractivity contribution in [2.75, 3.05) is 0 Å². The lowest BCUT2D eigenvalue weighted by Crippen LogP contribution is -1.94. The molecule has 15 heavy (non-hydrogen) atoms. The number of hydrogen-bond acceptors (Lipinski definition) is 3. The van der Waals surface area contributed by atoms with Crippen LogP contribution in [0.25, 0.3) is 11.3 Å². The van der Waals surface area contributed by atoms with Gasteiger partial charge in [-0.05, 0) is 13.0 Å². The van der Waals surface area contributed by atoms with Crippen LogP contribution in [0.15, 0.2) is 36.7 Å². The standard InChI is InChI=1S/C12H10N2O/c1-9-3-2-4-10(7-9)12-11(8-15)13-5-6-14-12/h2-8H,1H3. The largest absolute Gasteiger partial charge is 0.296 e. The predicted octanol–water partition coefficient (Wildman–Crippen LogP) is 2.26. The molecule has 0 aliphatic rings. The van der Waals surface area contributed by atoms with Gasteiger partial charge in [-0.1, -0.05) is 23.8 Å². The summed E-state index contributed by atoms with van der Waals surface area (Å²) in [6.07, 6.45) is 3.83. The van der Waals surface area contributed by atoms with Crippen LogP contribution in [-0.4, -0.2) is 16.3 Å². The Morgan fingerprint density at radius 1 is 1.20 bits per heavy atom. The summed E-state index contributed by atoms with van der Waals surface area (Å²) in [6.45, 7) is 2.00. The van der Waals surface area contributed by atoms with Crippen molar-refractivity contribution in [3.63, 3.8) is 0 Å². The van der Waals surface area contributed by atoms with Gasteiger partial charge in [-0.3, -0.25) is 9.78 Å². The lowest BCUT2D eigenvalue weighted by molar-refractivity contribution is 0.111. The number of carbonyl (C=O) groups excluding carboxylic acids is 1. The number of nitrogens with zero attached hydrogens (tertiary/aromatic N) is 2. The molecule has 0 aliphatic heterocycles. The Labute approximate surface area is 87.8 Å². The molecule has 0 saturated heterocycles. The molecule has 1 aromatic carbocycles. The Bertz CT molecular complexity index is 494. The Morgan fingerprint density at radius 3 is 2.73 bits per heavy atom. The van der Waals surface area contributed by atoms with Crippen LogP contribution in [0.3, 0.4) is 0 Å². The van der Waals surface area contributed by atoms with Crippen molar-refractivity contribution < 1.29 is 4.79 Å². The molecule has 0 bridgehead atoms. The van der Waals surface area contributed by atoms with E-state index in [9.17, 15) is 4.79 Å². The van der Waals surface area contributed by atoms with Crippen LogP contribution < -0.4 is 0 Å². The van der Waals surface area contributed by atoms with Gasteiger partial charge in [-0.15, -0.1) is 0 Å². The normalized spacial score (nSPS) is 9.93. The zero-order valence-electron chi connectivity index (χ0n) is 8.34. The first-order chi connectivity index (χ1) is 7.31. The summed E-state index contributed by atoms with van der Waals surface area (Å²) in [5.41, 5.74) is 3.07. The van der Waals surface area contributed by atoms with Crippen molar-refractivity contribution in [2.45, 2.75) is 6.92 Å². The zero-order chi connectivity index (χ0) is 10.7. The fourth-order valence-electron chi connectivity index (χ4n) is 1.45. The maximum Gasteiger partial charge on any atom is 0.170 e. The third-order valence-electron chi connectivity index (χ3n) is 2.13. The molecule has 1 heterocycles. The van der Waals surface area contributed by atoms with Crippen molar-refractivity contribution in [2.24, 2.45) is 0 Å². The first-order valence-electron chi connectivity index (χ1n) is 4.64. The van der Waals surface area contributed by atoms with E-state index in [2.05, 4.69) is 9.97 Å². The minimum absolute atomic E-state index is 0.378. The topological polar surface area (TPSA) is 42.9 Å². The quantitative estimate of drug-likeness (QED) is 0.695. The van der Waals surface area contributed by atoms with Crippen LogP contribution >= 0.6 is 0 Å². The molecule has 0 atom stereocenters. The molecule has 0 fully saturated rings. The number of aryl methyl sites for hydroxylation is 1. The van der Waals surface area contributed by atoms with E-state index in [1.165, 1.54) is 6.20 Å². The smallest absolute Gasteiger partial charge is 0.170 e. The Balaban J connectivity index is 2.58. The highest BCUT2D eigenvalue weighted by atomic mass is 16.1. The summed E-state index contributed by atoms with van der Waals surface area (Å²) in [6, 6.07) is 7.84. The first kappa shape index (κ1) is 9.52. The van der Waals surface area contributed by atoms with Crippen LogP contribution in [0.5, 0.6) is 0 Å². The molecule has 2 rings (SSSR count). The summed E-state index contributed by atoms with van der Waals surface area (Å²) >= 11 is 0. The molecule has 0 spiro atoms. The van der Waals surface area contributed by atoms with Crippen molar-refractivity contribution in [3.8, 4) is 11.3 Å². The third-order valence-corrected chi connectivity index (χ3v) is 2.13. The van der Waals surface area contributed by atoms with Crippen LogP contribution in [0.2, 0.25) is 0 Å². The highest BCUT2D eigenvalue weighted by Crippen LogP contribution is 2.19. The van der Waals surface area contributed by atoms with Gasteiger partial charge in [0.15, 0.2) is 6.29 Å². The molecular weight excluding hydrogens is 188 g/mol. The number of carbonyl (C=O) groups is 1. The van der Waals surface area contributed by atoms with E-state index in [1.807, 2.05) is 31.2 Å². The molecule has 74 valence electrons. The van der Waals surface area contributed by atoms with Gasteiger partial charge in [0.25, 0.3) is 0 Å². The molecule has 2 aromatic rings. The van der Waals surface area contributed by atoms with Crippen LogP contribution in [0, 0.1) is 6.92 Å². The molecule has 0 saturated carbocycles. The highest BCUT2D eigenvalue weighted by molar-refractivity contribution is 5.82. The van der Waals surface area contributed by atoms with E-state index in [1.54, 1.807) is 6.20 Å². The third kappa shape index (κ3) is 1.91. The average Bonchev–Trinajstić information content (AvgIpc) is 2.29. The number of aldehydes is 1. The molecule has 0 aliphatic carbocycles. The molecule has 3 heteroatoms. The van der Waals surface area contributed by atoms with Crippen LogP contribution in [0.1, 0.15) is 16.1 Å².